The Morgan fingerprint density at radius 2 is 2.12 bits per heavy atom. The van der Waals surface area contributed by atoms with Crippen molar-refractivity contribution in [3.05, 3.63) is 53.0 Å². The van der Waals surface area contributed by atoms with Crippen LogP contribution in [0.1, 0.15) is 47.1 Å². The van der Waals surface area contributed by atoms with Crippen molar-refractivity contribution in [1.82, 2.24) is 4.98 Å². The molecule has 0 fully saturated rings. The van der Waals surface area contributed by atoms with Gasteiger partial charge in [0.2, 0.25) is 5.88 Å². The number of aromatic nitrogens is 1. The smallest absolute Gasteiger partial charge is 0.344 e. The van der Waals surface area contributed by atoms with Gasteiger partial charge in [0.15, 0.2) is 17.9 Å². The summed E-state index contributed by atoms with van der Waals surface area (Å²) in [6, 6.07) is 7.50. The van der Waals surface area contributed by atoms with Crippen LogP contribution in [0, 0.1) is 17.1 Å². The molecule has 6 nitrogen and oxygen atoms in total. The van der Waals surface area contributed by atoms with Gasteiger partial charge in [-0.05, 0) is 44.5 Å². The number of aldehydes is 1. The third-order valence-corrected chi connectivity index (χ3v) is 3.69. The average molecular weight is 356 g/mol. The number of hydrogen-bond acceptors (Lipinski definition) is 6. The lowest BCUT2D eigenvalue weighted by molar-refractivity contribution is 0.0520. The van der Waals surface area contributed by atoms with Crippen molar-refractivity contribution in [3.63, 3.8) is 0 Å². The van der Waals surface area contributed by atoms with E-state index in [2.05, 4.69) is 11.1 Å². The van der Waals surface area contributed by atoms with Crippen LogP contribution in [-0.2, 0) is 10.2 Å². The maximum atomic E-state index is 14.4. The van der Waals surface area contributed by atoms with Crippen molar-refractivity contribution < 1.29 is 23.5 Å². The van der Waals surface area contributed by atoms with E-state index in [0.717, 1.165) is 0 Å². The lowest BCUT2D eigenvalue weighted by Crippen LogP contribution is -2.14. The van der Waals surface area contributed by atoms with Crippen LogP contribution in [-0.4, -0.2) is 23.8 Å². The van der Waals surface area contributed by atoms with E-state index in [1.165, 1.54) is 24.4 Å². The van der Waals surface area contributed by atoms with E-state index in [9.17, 15) is 14.0 Å². The maximum Gasteiger partial charge on any atom is 0.344 e. The number of nitriles is 1. The molecule has 26 heavy (non-hydrogen) atoms. The molecule has 1 aromatic heterocycles. The fraction of sp³-hybridized carbons (Fsp3) is 0.263. The van der Waals surface area contributed by atoms with E-state index in [1.807, 2.05) is 0 Å². The molecule has 0 saturated heterocycles. The topological polar surface area (TPSA) is 89.3 Å². The van der Waals surface area contributed by atoms with Gasteiger partial charge in [-0.25, -0.2) is 14.2 Å². The third-order valence-electron chi connectivity index (χ3n) is 3.69. The zero-order chi connectivity index (χ0) is 19.3. The fourth-order valence-corrected chi connectivity index (χ4v) is 2.18. The fourth-order valence-electron chi connectivity index (χ4n) is 2.18. The number of carbonyl (C=O) groups is 2. The normalized spacial score (nSPS) is 10.7. The van der Waals surface area contributed by atoms with Gasteiger partial charge in [-0.3, -0.25) is 4.79 Å². The Labute approximate surface area is 150 Å². The molecule has 0 aliphatic carbocycles. The SMILES string of the molecule is CCOC(=O)c1c(C=O)ccnc1Oc1ccc(C(C)(C)C#N)cc1F. The first-order valence-electron chi connectivity index (χ1n) is 7.84. The molecular weight excluding hydrogens is 339 g/mol. The molecule has 0 aliphatic heterocycles. The molecule has 7 heteroatoms. The Morgan fingerprint density at radius 3 is 2.69 bits per heavy atom. The van der Waals surface area contributed by atoms with Crippen molar-refractivity contribution in [2.75, 3.05) is 6.61 Å². The van der Waals surface area contributed by atoms with Crippen LogP contribution in [0.25, 0.3) is 0 Å². The number of ether oxygens (including phenoxy) is 2. The molecule has 0 atom stereocenters. The predicted molar refractivity (Wildman–Crippen MR) is 90.7 cm³/mol. The molecular formula is C19H17FN2O4. The Bertz CT molecular complexity index is 888. The number of benzene rings is 1. The van der Waals surface area contributed by atoms with E-state index < -0.39 is 17.2 Å². The summed E-state index contributed by atoms with van der Waals surface area (Å²) in [5.74, 6) is -1.94. The number of rotatable bonds is 6. The second-order valence-corrected chi connectivity index (χ2v) is 5.90. The first kappa shape index (κ1) is 19.1. The highest BCUT2D eigenvalue weighted by atomic mass is 19.1. The van der Waals surface area contributed by atoms with Crippen LogP contribution >= 0.6 is 0 Å². The van der Waals surface area contributed by atoms with E-state index in [0.29, 0.717) is 11.8 Å². The lowest BCUT2D eigenvalue weighted by atomic mass is 9.86. The second kappa shape index (κ2) is 7.74. The Balaban J connectivity index is 2.45. The van der Waals surface area contributed by atoms with Crippen LogP contribution in [0.5, 0.6) is 11.6 Å². The largest absolute Gasteiger partial charge is 0.462 e. The van der Waals surface area contributed by atoms with Gasteiger partial charge in [-0.1, -0.05) is 6.07 Å². The number of halogens is 1. The van der Waals surface area contributed by atoms with Crippen molar-refractivity contribution >= 4 is 12.3 Å². The molecule has 0 aliphatic rings. The summed E-state index contributed by atoms with van der Waals surface area (Å²) in [5.41, 5.74) is -0.545. The molecule has 2 aromatic rings. The summed E-state index contributed by atoms with van der Waals surface area (Å²) >= 11 is 0. The van der Waals surface area contributed by atoms with Crippen LogP contribution < -0.4 is 4.74 Å². The van der Waals surface area contributed by atoms with Gasteiger partial charge >= 0.3 is 5.97 Å². The molecule has 0 bridgehead atoms. The molecule has 0 N–H and O–H groups in total. The summed E-state index contributed by atoms with van der Waals surface area (Å²) in [4.78, 5) is 27.2. The molecule has 0 unspecified atom stereocenters. The van der Waals surface area contributed by atoms with Crippen molar-refractivity contribution in [2.45, 2.75) is 26.2 Å². The number of esters is 1. The van der Waals surface area contributed by atoms with E-state index in [4.69, 9.17) is 14.7 Å². The molecule has 0 saturated carbocycles. The lowest BCUT2D eigenvalue weighted by Gasteiger charge is -2.17. The van der Waals surface area contributed by atoms with Crippen LogP contribution in [0.15, 0.2) is 30.5 Å². The molecule has 0 spiro atoms. The van der Waals surface area contributed by atoms with Crippen LogP contribution in [0.2, 0.25) is 0 Å². The Morgan fingerprint density at radius 1 is 1.38 bits per heavy atom. The monoisotopic (exact) mass is 356 g/mol. The van der Waals surface area contributed by atoms with Gasteiger partial charge in [0, 0.05) is 11.8 Å². The van der Waals surface area contributed by atoms with Crippen molar-refractivity contribution in [3.8, 4) is 17.7 Å². The number of hydrogen-bond donors (Lipinski definition) is 0. The first-order chi connectivity index (χ1) is 12.3. The highest BCUT2D eigenvalue weighted by molar-refractivity contribution is 6.00. The average Bonchev–Trinajstić information content (AvgIpc) is 2.63. The minimum atomic E-state index is -0.870. The standard InChI is InChI=1S/C19H17FN2O4/c1-4-25-18(24)16-12(10-23)7-8-22-17(16)26-15-6-5-13(9-14(15)20)19(2,3)11-21/h5-10H,4H2,1-3H3. The van der Waals surface area contributed by atoms with Gasteiger partial charge in [-0.15, -0.1) is 0 Å². The predicted octanol–water partition coefficient (Wildman–Crippen LogP) is 3.80. The van der Waals surface area contributed by atoms with Gasteiger partial charge in [-0.2, -0.15) is 5.26 Å². The number of nitrogens with zero attached hydrogens (tertiary/aromatic N) is 2. The van der Waals surface area contributed by atoms with E-state index in [-0.39, 0.29) is 29.4 Å². The molecule has 0 amide bonds. The van der Waals surface area contributed by atoms with Crippen LogP contribution in [0.3, 0.4) is 0 Å². The van der Waals surface area contributed by atoms with Crippen molar-refractivity contribution in [2.24, 2.45) is 0 Å². The van der Waals surface area contributed by atoms with E-state index >= 15 is 0 Å². The Hall–Kier alpha value is -3.27. The maximum absolute atomic E-state index is 14.4. The summed E-state index contributed by atoms with van der Waals surface area (Å²) < 4.78 is 24.8. The third kappa shape index (κ3) is 3.86. The van der Waals surface area contributed by atoms with Crippen molar-refractivity contribution in [1.29, 1.82) is 5.26 Å². The molecule has 0 radical (unpaired) electrons. The van der Waals surface area contributed by atoms with Crippen LogP contribution in [0.4, 0.5) is 4.39 Å². The Kier molecular flexibility index (Phi) is 5.68. The highest BCUT2D eigenvalue weighted by Gasteiger charge is 2.24. The zero-order valence-corrected chi connectivity index (χ0v) is 14.6. The minimum Gasteiger partial charge on any atom is -0.462 e. The summed E-state index contributed by atoms with van der Waals surface area (Å²) in [5, 5.41) is 9.15. The second-order valence-electron chi connectivity index (χ2n) is 5.90. The van der Waals surface area contributed by atoms with Gasteiger partial charge < -0.3 is 9.47 Å². The van der Waals surface area contributed by atoms with Gasteiger partial charge in [0.25, 0.3) is 0 Å². The summed E-state index contributed by atoms with van der Waals surface area (Å²) in [7, 11) is 0. The highest BCUT2D eigenvalue weighted by Crippen LogP contribution is 2.31. The molecule has 2 rings (SSSR count). The minimum absolute atomic E-state index is 0.0242. The zero-order valence-electron chi connectivity index (χ0n) is 14.6. The summed E-state index contributed by atoms with van der Waals surface area (Å²) in [6.07, 6.45) is 1.74. The van der Waals surface area contributed by atoms with Gasteiger partial charge in [0.05, 0.1) is 18.1 Å². The quantitative estimate of drug-likeness (QED) is 0.578. The molecule has 1 heterocycles. The summed E-state index contributed by atoms with van der Waals surface area (Å²) in [6.45, 7) is 5.04. The first-order valence-corrected chi connectivity index (χ1v) is 7.84. The molecule has 134 valence electrons. The number of pyridine rings is 1. The van der Waals surface area contributed by atoms with E-state index in [1.54, 1.807) is 26.8 Å². The van der Waals surface area contributed by atoms with Gasteiger partial charge in [0.1, 0.15) is 5.56 Å². The number of carbonyl (C=O) groups excluding carboxylic acids is 2. The molecule has 1 aromatic carbocycles.